The number of benzene rings is 2. The molecule has 0 aliphatic carbocycles. The molecule has 2 N–H and O–H groups in total. The summed E-state index contributed by atoms with van der Waals surface area (Å²) in [6.45, 7) is 2.52. The molecule has 0 radical (unpaired) electrons. The highest BCUT2D eigenvalue weighted by atomic mass is 16.5. The molecule has 1 unspecified atom stereocenters. The fraction of sp³-hybridized carbons (Fsp3) is 0.318. The van der Waals surface area contributed by atoms with E-state index in [4.69, 9.17) is 5.10 Å². The van der Waals surface area contributed by atoms with Gasteiger partial charge in [-0.05, 0) is 11.1 Å². The van der Waals surface area contributed by atoms with Crippen LogP contribution in [0.4, 0.5) is 0 Å². The molecule has 8 nitrogen and oxygen atoms in total. The van der Waals surface area contributed by atoms with E-state index in [1.54, 1.807) is 15.1 Å². The Bertz CT molecular complexity index is 1050. The smallest absolute Gasteiger partial charge is 0.268 e. The molecule has 1 atom stereocenters. The van der Waals surface area contributed by atoms with E-state index in [9.17, 15) is 14.8 Å². The third kappa shape index (κ3) is 4.19. The number of hydroxylamine groups is 1. The van der Waals surface area contributed by atoms with Crippen LogP contribution in [0.25, 0.3) is 10.9 Å². The number of hydrogen-bond acceptors (Lipinski definition) is 5. The van der Waals surface area contributed by atoms with Crippen LogP contribution in [-0.2, 0) is 22.6 Å². The number of nitrogens with zero attached hydrogens (tertiary/aromatic N) is 4. The van der Waals surface area contributed by atoms with Crippen LogP contribution in [0, 0.1) is 0 Å². The Hall–Kier alpha value is -3.23. The highest BCUT2D eigenvalue weighted by Crippen LogP contribution is 2.23. The second-order valence-electron chi connectivity index (χ2n) is 7.67. The average Bonchev–Trinajstić information content (AvgIpc) is 3.20. The first kappa shape index (κ1) is 20.1. The van der Waals surface area contributed by atoms with Gasteiger partial charge >= 0.3 is 0 Å². The summed E-state index contributed by atoms with van der Waals surface area (Å²) < 4.78 is 1.61. The largest absolute Gasteiger partial charge is 0.343 e. The highest BCUT2D eigenvalue weighted by Gasteiger charge is 2.24. The Morgan fingerprint density at radius 1 is 1.17 bits per heavy atom. The lowest BCUT2D eigenvalue weighted by molar-refractivity contribution is -0.134. The second kappa shape index (κ2) is 8.64. The lowest BCUT2D eigenvalue weighted by Crippen LogP contribution is -2.47. The van der Waals surface area contributed by atoms with Crippen molar-refractivity contribution in [3.05, 3.63) is 65.9 Å². The molecule has 3 aromatic rings. The Morgan fingerprint density at radius 2 is 1.97 bits per heavy atom. The summed E-state index contributed by atoms with van der Waals surface area (Å²) in [4.78, 5) is 28.3. The molecule has 1 aromatic heterocycles. The van der Waals surface area contributed by atoms with Crippen molar-refractivity contribution >= 4 is 22.7 Å². The number of carbonyl (C=O) groups excluding carboxylic acids is 2. The van der Waals surface area contributed by atoms with Crippen molar-refractivity contribution in [1.82, 2.24) is 25.1 Å². The normalized spacial score (nSPS) is 16.1. The molecule has 1 fully saturated rings. The van der Waals surface area contributed by atoms with E-state index < -0.39 is 11.9 Å². The van der Waals surface area contributed by atoms with Gasteiger partial charge in [0.15, 0.2) is 0 Å². The number of piperazine rings is 1. The van der Waals surface area contributed by atoms with Gasteiger partial charge in [0.1, 0.15) is 6.04 Å². The molecule has 2 amide bonds. The molecule has 1 aliphatic heterocycles. The van der Waals surface area contributed by atoms with Gasteiger partial charge in [-0.1, -0.05) is 48.5 Å². The molecule has 2 aromatic carbocycles. The lowest BCUT2D eigenvalue weighted by Gasteiger charge is -2.31. The molecule has 2 heterocycles. The summed E-state index contributed by atoms with van der Waals surface area (Å²) in [5, 5.41) is 14.9. The minimum absolute atomic E-state index is 0.112. The van der Waals surface area contributed by atoms with Gasteiger partial charge in [0, 0.05) is 44.7 Å². The minimum atomic E-state index is -0.678. The maximum absolute atomic E-state index is 12.4. The van der Waals surface area contributed by atoms with E-state index in [1.807, 2.05) is 61.8 Å². The Balaban J connectivity index is 1.62. The zero-order valence-electron chi connectivity index (χ0n) is 16.9. The predicted molar refractivity (Wildman–Crippen MR) is 112 cm³/mol. The van der Waals surface area contributed by atoms with E-state index in [2.05, 4.69) is 4.90 Å². The Labute approximate surface area is 174 Å². The molecule has 0 spiro atoms. The van der Waals surface area contributed by atoms with Crippen molar-refractivity contribution in [2.75, 3.05) is 26.7 Å². The maximum atomic E-state index is 12.4. The van der Waals surface area contributed by atoms with Crippen LogP contribution in [-0.4, -0.2) is 63.3 Å². The van der Waals surface area contributed by atoms with Crippen LogP contribution < -0.4 is 5.48 Å². The Morgan fingerprint density at radius 3 is 2.70 bits per heavy atom. The molecule has 1 aliphatic rings. The van der Waals surface area contributed by atoms with E-state index >= 15 is 0 Å². The van der Waals surface area contributed by atoms with Gasteiger partial charge in [-0.3, -0.25) is 24.4 Å². The monoisotopic (exact) mass is 407 g/mol. The number of hydrogen-bond donors (Lipinski definition) is 2. The molecule has 30 heavy (non-hydrogen) atoms. The number of rotatable bonds is 6. The summed E-state index contributed by atoms with van der Waals surface area (Å²) in [6.07, 6.45) is 2.24. The van der Waals surface area contributed by atoms with Gasteiger partial charge in [-0.25, -0.2) is 5.48 Å². The van der Waals surface area contributed by atoms with Gasteiger partial charge in [-0.15, -0.1) is 0 Å². The maximum Gasteiger partial charge on any atom is 0.268 e. The van der Waals surface area contributed by atoms with Gasteiger partial charge in [0.25, 0.3) is 5.91 Å². The van der Waals surface area contributed by atoms with Crippen molar-refractivity contribution < 1.29 is 14.8 Å². The van der Waals surface area contributed by atoms with Crippen LogP contribution >= 0.6 is 0 Å². The number of likely N-dealkylation sites (N-methyl/N-ethyl adjacent to an activating group) is 1. The molecule has 8 heteroatoms. The minimum Gasteiger partial charge on any atom is -0.343 e. The molecular weight excluding hydrogens is 382 g/mol. The topological polar surface area (TPSA) is 90.7 Å². The predicted octanol–water partition coefficient (Wildman–Crippen LogP) is 1.60. The molecule has 1 saturated heterocycles. The number of amides is 2. The number of nitrogens with one attached hydrogen (secondary N) is 1. The van der Waals surface area contributed by atoms with E-state index in [0.717, 1.165) is 28.6 Å². The third-order valence-electron chi connectivity index (χ3n) is 5.57. The highest BCUT2D eigenvalue weighted by molar-refractivity contribution is 5.84. The zero-order valence-corrected chi connectivity index (χ0v) is 16.9. The molecule has 4 rings (SSSR count). The summed E-state index contributed by atoms with van der Waals surface area (Å²) in [7, 11) is 1.82. The van der Waals surface area contributed by atoms with Crippen molar-refractivity contribution in [1.29, 1.82) is 0 Å². The molecule has 0 saturated carbocycles. The van der Waals surface area contributed by atoms with Crippen molar-refractivity contribution in [3.63, 3.8) is 0 Å². The van der Waals surface area contributed by atoms with Crippen molar-refractivity contribution in [2.24, 2.45) is 0 Å². The number of carbonyl (C=O) groups is 2. The first-order valence-corrected chi connectivity index (χ1v) is 9.96. The van der Waals surface area contributed by atoms with Gasteiger partial charge in [0.2, 0.25) is 5.91 Å². The second-order valence-corrected chi connectivity index (χ2v) is 7.67. The zero-order chi connectivity index (χ0) is 21.1. The quantitative estimate of drug-likeness (QED) is 0.479. The van der Waals surface area contributed by atoms with E-state index in [1.165, 1.54) is 0 Å². The van der Waals surface area contributed by atoms with Crippen LogP contribution in [0.1, 0.15) is 17.2 Å². The third-order valence-corrected chi connectivity index (χ3v) is 5.57. The van der Waals surface area contributed by atoms with Gasteiger partial charge < -0.3 is 4.90 Å². The number of fused-ring (bicyclic) bond motifs is 1. The SMILES string of the molecule is CN1CCN(Cc2cccc3cn(C(Cc4ccccc4)C(=O)NO)nc23)CC1=O. The fourth-order valence-corrected chi connectivity index (χ4v) is 3.81. The fourth-order valence-electron chi connectivity index (χ4n) is 3.81. The molecule has 156 valence electrons. The number of aromatic nitrogens is 2. The van der Waals surface area contributed by atoms with Gasteiger partial charge in [-0.2, -0.15) is 5.10 Å². The summed E-state index contributed by atoms with van der Waals surface area (Å²) in [6, 6.07) is 14.9. The van der Waals surface area contributed by atoms with Crippen molar-refractivity contribution in [2.45, 2.75) is 19.0 Å². The van der Waals surface area contributed by atoms with E-state index in [-0.39, 0.29) is 5.91 Å². The van der Waals surface area contributed by atoms with E-state index in [0.29, 0.717) is 26.1 Å². The first-order valence-electron chi connectivity index (χ1n) is 9.96. The van der Waals surface area contributed by atoms with Gasteiger partial charge in [0.05, 0.1) is 12.1 Å². The van der Waals surface area contributed by atoms with Crippen LogP contribution in [0.15, 0.2) is 54.7 Å². The first-order chi connectivity index (χ1) is 14.5. The Kier molecular flexibility index (Phi) is 5.78. The van der Waals surface area contributed by atoms with Crippen LogP contribution in [0.3, 0.4) is 0 Å². The van der Waals surface area contributed by atoms with Crippen LogP contribution in [0.5, 0.6) is 0 Å². The molecule has 0 bridgehead atoms. The summed E-state index contributed by atoms with van der Waals surface area (Å²) in [5.74, 6) is -0.403. The summed E-state index contributed by atoms with van der Waals surface area (Å²) in [5.41, 5.74) is 4.55. The summed E-state index contributed by atoms with van der Waals surface area (Å²) >= 11 is 0. The average molecular weight is 407 g/mol. The molecular formula is C22H25N5O3. The lowest BCUT2D eigenvalue weighted by atomic mass is 10.1. The van der Waals surface area contributed by atoms with Crippen molar-refractivity contribution in [3.8, 4) is 0 Å². The standard InChI is InChI=1S/C22H25N5O3/c1-25-10-11-26(15-20(25)28)13-17-8-5-9-18-14-27(23-21(17)18)19(22(29)24-30)12-16-6-3-2-4-7-16/h2-9,14,19,30H,10-13,15H2,1H3,(H,24,29). The van der Waals surface area contributed by atoms with Crippen LogP contribution in [0.2, 0.25) is 0 Å².